The molecule has 0 atom stereocenters. The van der Waals surface area contributed by atoms with Crippen LogP contribution in [0.25, 0.3) is 0 Å². The average Bonchev–Trinajstić information content (AvgIpc) is 2.14. The number of aryl methyl sites for hydroxylation is 1. The zero-order valence-corrected chi connectivity index (χ0v) is 9.77. The van der Waals surface area contributed by atoms with E-state index < -0.39 is 6.67 Å². The molecule has 0 radical (unpaired) electrons. The number of alkyl halides is 1. The molecule has 0 fully saturated rings. The smallest absolute Gasteiger partial charge is 0.295 e. The molecule has 0 aromatic carbocycles. The quantitative estimate of drug-likeness (QED) is 0.835. The number of nitrogens with zero attached hydrogens (tertiary/aromatic N) is 2. The molecule has 0 saturated heterocycles. The van der Waals surface area contributed by atoms with Crippen LogP contribution in [0.1, 0.15) is 17.8 Å². The van der Waals surface area contributed by atoms with Crippen molar-refractivity contribution in [3.63, 3.8) is 0 Å². The Balaban J connectivity index is 3.16. The minimum atomic E-state index is -0.419. The fraction of sp³-hybridized carbons (Fsp3) is 0.556. The van der Waals surface area contributed by atoms with Crippen molar-refractivity contribution in [1.82, 2.24) is 9.55 Å². The van der Waals surface area contributed by atoms with Gasteiger partial charge < -0.3 is 0 Å². The second kappa shape index (κ2) is 4.68. The molecule has 0 amide bonds. The molecule has 0 aliphatic carbocycles. The molecule has 0 spiro atoms. The lowest BCUT2D eigenvalue weighted by molar-refractivity contribution is 0.438. The van der Waals surface area contributed by atoms with Gasteiger partial charge in [0.25, 0.3) is 0 Å². The number of rotatable bonds is 3. The third-order valence-electron chi connectivity index (χ3n) is 2.05. The van der Waals surface area contributed by atoms with E-state index in [1.807, 2.05) is 6.92 Å². The highest BCUT2D eigenvalue weighted by atomic mass is 79.9. The summed E-state index contributed by atoms with van der Waals surface area (Å²) < 4.78 is 14.3. The third-order valence-corrected chi connectivity index (χ3v) is 3.20. The van der Waals surface area contributed by atoms with Crippen LogP contribution in [0.3, 0.4) is 0 Å². The minimum absolute atomic E-state index is 0.309. The maximum atomic E-state index is 12.0. The predicted molar refractivity (Wildman–Crippen MR) is 56.3 cm³/mol. The second-order valence-corrected chi connectivity index (χ2v) is 3.87. The summed E-state index contributed by atoms with van der Waals surface area (Å²) in [6.45, 7) is 3.54. The van der Waals surface area contributed by atoms with Crippen molar-refractivity contribution in [1.29, 1.82) is 0 Å². The lowest BCUT2D eigenvalue weighted by atomic mass is 10.3. The predicted octanol–water partition coefficient (Wildman–Crippen LogP) is 1.98. The van der Waals surface area contributed by atoms with Crippen LogP contribution in [-0.2, 0) is 6.54 Å². The Morgan fingerprint density at radius 2 is 2.14 bits per heavy atom. The molecule has 0 aliphatic rings. The van der Waals surface area contributed by atoms with Gasteiger partial charge in [0.05, 0.1) is 16.8 Å². The van der Waals surface area contributed by atoms with Crippen molar-refractivity contribution < 1.29 is 4.39 Å². The first-order chi connectivity index (χ1) is 6.57. The van der Waals surface area contributed by atoms with E-state index in [0.29, 0.717) is 18.7 Å². The molecule has 0 bridgehead atoms. The van der Waals surface area contributed by atoms with Gasteiger partial charge in [0.2, 0.25) is 0 Å². The Hall–Kier alpha value is -0.710. The molecule has 14 heavy (non-hydrogen) atoms. The highest BCUT2D eigenvalue weighted by Gasteiger charge is 2.08. The molecule has 3 nitrogen and oxygen atoms in total. The summed E-state index contributed by atoms with van der Waals surface area (Å²) in [4.78, 5) is 15.3. The van der Waals surface area contributed by atoms with Gasteiger partial charge in [-0.3, -0.25) is 8.96 Å². The summed E-state index contributed by atoms with van der Waals surface area (Å²) in [6, 6.07) is 0. The maximum absolute atomic E-state index is 12.0. The topological polar surface area (TPSA) is 34.9 Å². The number of hydrogen-bond donors (Lipinski definition) is 0. The lowest BCUT2D eigenvalue weighted by Gasteiger charge is -2.10. The largest absolute Gasteiger partial charge is 0.348 e. The van der Waals surface area contributed by atoms with E-state index in [1.54, 1.807) is 6.92 Å². The molecule has 0 saturated carbocycles. The zero-order valence-electron chi connectivity index (χ0n) is 8.18. The monoisotopic (exact) mass is 262 g/mol. The fourth-order valence-corrected chi connectivity index (χ4v) is 1.56. The molecule has 0 unspecified atom stereocenters. The van der Waals surface area contributed by atoms with Gasteiger partial charge in [-0.1, -0.05) is 0 Å². The van der Waals surface area contributed by atoms with Gasteiger partial charge >= 0.3 is 5.69 Å². The normalized spacial score (nSPS) is 10.6. The van der Waals surface area contributed by atoms with Crippen LogP contribution in [-0.4, -0.2) is 16.2 Å². The van der Waals surface area contributed by atoms with Crippen molar-refractivity contribution in [3.8, 4) is 0 Å². The van der Waals surface area contributed by atoms with E-state index in [0.717, 1.165) is 10.2 Å². The van der Waals surface area contributed by atoms with E-state index >= 15 is 0 Å². The van der Waals surface area contributed by atoms with Crippen LogP contribution in [0.15, 0.2) is 9.27 Å². The molecule has 1 aromatic heterocycles. The summed E-state index contributed by atoms with van der Waals surface area (Å²) >= 11 is 3.34. The van der Waals surface area contributed by atoms with Crippen molar-refractivity contribution in [3.05, 3.63) is 26.3 Å². The van der Waals surface area contributed by atoms with Crippen molar-refractivity contribution >= 4 is 15.9 Å². The van der Waals surface area contributed by atoms with E-state index in [1.165, 1.54) is 4.57 Å². The first-order valence-electron chi connectivity index (χ1n) is 4.37. The zero-order chi connectivity index (χ0) is 10.7. The van der Waals surface area contributed by atoms with Crippen LogP contribution < -0.4 is 5.69 Å². The maximum Gasteiger partial charge on any atom is 0.348 e. The van der Waals surface area contributed by atoms with E-state index in [-0.39, 0.29) is 5.69 Å². The Bertz CT molecular complexity index is 389. The molecule has 5 heteroatoms. The molecule has 1 rings (SSSR count). The van der Waals surface area contributed by atoms with Gasteiger partial charge in [-0.05, 0) is 36.2 Å². The summed E-state index contributed by atoms with van der Waals surface area (Å²) in [5.41, 5.74) is 1.16. The Morgan fingerprint density at radius 1 is 1.50 bits per heavy atom. The summed E-state index contributed by atoms with van der Waals surface area (Å²) in [5, 5.41) is 0. The second-order valence-electron chi connectivity index (χ2n) is 3.07. The summed E-state index contributed by atoms with van der Waals surface area (Å²) in [7, 11) is 0. The van der Waals surface area contributed by atoms with Crippen LogP contribution >= 0.6 is 15.9 Å². The SMILES string of the molecule is Cc1nc(=O)n(CCCF)c(C)c1Br. The van der Waals surface area contributed by atoms with E-state index in [9.17, 15) is 9.18 Å². The first kappa shape index (κ1) is 11.4. The van der Waals surface area contributed by atoms with Gasteiger partial charge in [0.1, 0.15) is 0 Å². The Morgan fingerprint density at radius 3 is 2.71 bits per heavy atom. The summed E-state index contributed by atoms with van der Waals surface area (Å²) in [6.07, 6.45) is 0.345. The molecule has 0 aliphatic heterocycles. The van der Waals surface area contributed by atoms with Crippen molar-refractivity contribution in [2.45, 2.75) is 26.8 Å². The van der Waals surface area contributed by atoms with Crippen LogP contribution in [0.4, 0.5) is 4.39 Å². The first-order valence-corrected chi connectivity index (χ1v) is 5.16. The third kappa shape index (κ3) is 2.20. The summed E-state index contributed by atoms with van der Waals surface area (Å²) in [5.74, 6) is 0. The van der Waals surface area contributed by atoms with Gasteiger partial charge in [0.15, 0.2) is 0 Å². The lowest BCUT2D eigenvalue weighted by Crippen LogP contribution is -2.26. The molecule has 0 N–H and O–H groups in total. The average molecular weight is 263 g/mol. The van der Waals surface area contributed by atoms with Gasteiger partial charge in [-0.25, -0.2) is 4.79 Å². The highest BCUT2D eigenvalue weighted by Crippen LogP contribution is 2.16. The molecular formula is C9H12BrFN2O. The number of halogens is 2. The van der Waals surface area contributed by atoms with Gasteiger partial charge in [-0.15, -0.1) is 0 Å². The van der Waals surface area contributed by atoms with Gasteiger partial charge in [0, 0.05) is 12.2 Å². The molecule has 1 heterocycles. The van der Waals surface area contributed by atoms with E-state index in [2.05, 4.69) is 20.9 Å². The highest BCUT2D eigenvalue weighted by molar-refractivity contribution is 9.10. The number of aromatic nitrogens is 2. The van der Waals surface area contributed by atoms with Crippen LogP contribution in [0.5, 0.6) is 0 Å². The Labute approximate surface area is 90.1 Å². The van der Waals surface area contributed by atoms with E-state index in [4.69, 9.17) is 0 Å². The fourth-order valence-electron chi connectivity index (χ4n) is 1.26. The number of hydrogen-bond acceptors (Lipinski definition) is 2. The van der Waals surface area contributed by atoms with Crippen molar-refractivity contribution in [2.75, 3.05) is 6.67 Å². The van der Waals surface area contributed by atoms with Crippen LogP contribution in [0.2, 0.25) is 0 Å². The van der Waals surface area contributed by atoms with Gasteiger partial charge in [-0.2, -0.15) is 4.98 Å². The van der Waals surface area contributed by atoms with Crippen molar-refractivity contribution in [2.24, 2.45) is 0 Å². The standard InChI is InChI=1S/C9H12BrFN2O/c1-6-8(10)7(2)13(5-3-4-11)9(14)12-6/h3-5H2,1-2H3. The minimum Gasteiger partial charge on any atom is -0.295 e. The van der Waals surface area contributed by atoms with Crippen LogP contribution in [0, 0.1) is 13.8 Å². The Kier molecular flexibility index (Phi) is 3.80. The molecule has 1 aromatic rings. The molecular weight excluding hydrogens is 251 g/mol. The molecule has 78 valence electrons.